The molecule has 22 heavy (non-hydrogen) atoms. The standard InChI is InChI=1S/C15H25N7/c1-6-16-15(17-9-13-7-8-19-22(13)5)18-10-14-11(2)20-21(4)12(14)3/h7-8H,6,9-10H2,1-5H3,(H2,16,17,18). The zero-order valence-electron chi connectivity index (χ0n) is 14.0. The van der Waals surface area contributed by atoms with Crippen LogP contribution in [0.25, 0.3) is 0 Å². The molecule has 120 valence electrons. The van der Waals surface area contributed by atoms with Crippen LogP contribution in [0.15, 0.2) is 17.3 Å². The molecule has 2 heterocycles. The van der Waals surface area contributed by atoms with Gasteiger partial charge in [0.15, 0.2) is 5.96 Å². The van der Waals surface area contributed by atoms with E-state index in [0.717, 1.165) is 29.6 Å². The summed E-state index contributed by atoms with van der Waals surface area (Å²) < 4.78 is 3.75. The molecule has 0 aliphatic carbocycles. The van der Waals surface area contributed by atoms with Crippen LogP contribution in [0.2, 0.25) is 0 Å². The second-order valence-electron chi connectivity index (χ2n) is 5.27. The average Bonchev–Trinajstić information content (AvgIpc) is 2.99. The van der Waals surface area contributed by atoms with Crippen LogP contribution in [-0.4, -0.2) is 32.1 Å². The minimum Gasteiger partial charge on any atom is -0.357 e. The minimum absolute atomic E-state index is 0.617. The van der Waals surface area contributed by atoms with E-state index < -0.39 is 0 Å². The van der Waals surface area contributed by atoms with Gasteiger partial charge in [0.25, 0.3) is 0 Å². The Balaban J connectivity index is 2.05. The first kappa shape index (κ1) is 16.1. The first-order valence-electron chi connectivity index (χ1n) is 7.51. The fourth-order valence-electron chi connectivity index (χ4n) is 2.30. The maximum absolute atomic E-state index is 4.66. The van der Waals surface area contributed by atoms with E-state index in [1.807, 2.05) is 36.4 Å². The highest BCUT2D eigenvalue weighted by molar-refractivity contribution is 5.79. The van der Waals surface area contributed by atoms with E-state index in [1.165, 1.54) is 5.56 Å². The summed E-state index contributed by atoms with van der Waals surface area (Å²) in [7, 11) is 3.89. The Kier molecular flexibility index (Phi) is 5.19. The smallest absolute Gasteiger partial charge is 0.191 e. The number of nitrogens with one attached hydrogen (secondary N) is 2. The van der Waals surface area contributed by atoms with Crippen LogP contribution in [-0.2, 0) is 27.2 Å². The predicted octanol–water partition coefficient (Wildman–Crippen LogP) is 1.03. The fraction of sp³-hybridized carbons (Fsp3) is 0.533. The normalized spacial score (nSPS) is 11.8. The number of nitrogens with zero attached hydrogens (tertiary/aromatic N) is 5. The first-order valence-corrected chi connectivity index (χ1v) is 7.51. The van der Waals surface area contributed by atoms with Gasteiger partial charge >= 0.3 is 0 Å². The molecule has 0 aliphatic heterocycles. The van der Waals surface area contributed by atoms with Crippen LogP contribution in [0, 0.1) is 13.8 Å². The van der Waals surface area contributed by atoms with Gasteiger partial charge in [0, 0.05) is 38.1 Å². The van der Waals surface area contributed by atoms with Crippen molar-refractivity contribution in [3.63, 3.8) is 0 Å². The van der Waals surface area contributed by atoms with Gasteiger partial charge in [0.2, 0.25) is 0 Å². The summed E-state index contributed by atoms with van der Waals surface area (Å²) in [4.78, 5) is 4.66. The number of hydrogen-bond acceptors (Lipinski definition) is 3. The molecule has 0 amide bonds. The maximum atomic E-state index is 4.66. The monoisotopic (exact) mass is 303 g/mol. The number of aliphatic imine (C=N–C) groups is 1. The molecule has 2 rings (SSSR count). The van der Waals surface area contributed by atoms with Gasteiger partial charge < -0.3 is 10.6 Å². The summed E-state index contributed by atoms with van der Waals surface area (Å²) in [6, 6.07) is 1.99. The van der Waals surface area contributed by atoms with Crippen molar-refractivity contribution >= 4 is 5.96 Å². The summed E-state index contributed by atoms with van der Waals surface area (Å²) in [6.45, 7) is 8.28. The van der Waals surface area contributed by atoms with Crippen molar-refractivity contribution in [2.24, 2.45) is 19.1 Å². The lowest BCUT2D eigenvalue weighted by Gasteiger charge is -2.11. The minimum atomic E-state index is 0.617. The molecular formula is C15H25N7. The summed E-state index contributed by atoms with van der Waals surface area (Å²) in [5.41, 5.74) is 4.48. The van der Waals surface area contributed by atoms with E-state index in [-0.39, 0.29) is 0 Å². The molecule has 0 atom stereocenters. The fourth-order valence-corrected chi connectivity index (χ4v) is 2.30. The van der Waals surface area contributed by atoms with E-state index in [2.05, 4.69) is 39.7 Å². The number of aromatic nitrogens is 4. The second kappa shape index (κ2) is 7.11. The van der Waals surface area contributed by atoms with Gasteiger partial charge in [0.05, 0.1) is 24.5 Å². The van der Waals surface area contributed by atoms with E-state index in [4.69, 9.17) is 0 Å². The van der Waals surface area contributed by atoms with E-state index >= 15 is 0 Å². The lowest BCUT2D eigenvalue weighted by molar-refractivity contribution is 0.684. The van der Waals surface area contributed by atoms with Crippen molar-refractivity contribution in [3.05, 3.63) is 34.9 Å². The van der Waals surface area contributed by atoms with Crippen LogP contribution in [0.4, 0.5) is 0 Å². The number of rotatable bonds is 5. The van der Waals surface area contributed by atoms with Gasteiger partial charge in [0.1, 0.15) is 0 Å². The molecule has 0 spiro atoms. The van der Waals surface area contributed by atoms with Crippen LogP contribution in [0.5, 0.6) is 0 Å². The molecule has 7 heteroatoms. The van der Waals surface area contributed by atoms with E-state index in [0.29, 0.717) is 13.1 Å². The molecule has 0 radical (unpaired) electrons. The molecule has 2 aromatic heterocycles. The maximum Gasteiger partial charge on any atom is 0.191 e. The third kappa shape index (κ3) is 3.66. The Morgan fingerprint density at radius 1 is 1.23 bits per heavy atom. The second-order valence-corrected chi connectivity index (χ2v) is 5.27. The number of guanidine groups is 1. The SMILES string of the molecule is CCNC(=NCc1c(C)nn(C)c1C)NCc1ccnn1C. The lowest BCUT2D eigenvalue weighted by atomic mass is 10.2. The Hall–Kier alpha value is -2.31. The molecule has 2 N–H and O–H groups in total. The number of aryl methyl sites for hydroxylation is 3. The molecule has 0 bridgehead atoms. The van der Waals surface area contributed by atoms with Gasteiger partial charge in [-0.2, -0.15) is 10.2 Å². The highest BCUT2D eigenvalue weighted by Gasteiger charge is 2.09. The molecule has 0 aliphatic rings. The predicted molar refractivity (Wildman–Crippen MR) is 87.5 cm³/mol. The molecule has 7 nitrogen and oxygen atoms in total. The highest BCUT2D eigenvalue weighted by Crippen LogP contribution is 2.12. The van der Waals surface area contributed by atoms with Crippen molar-refractivity contribution in [1.29, 1.82) is 0 Å². The first-order chi connectivity index (χ1) is 10.5. The molecule has 0 unspecified atom stereocenters. The van der Waals surface area contributed by atoms with Crippen LogP contribution < -0.4 is 10.6 Å². The van der Waals surface area contributed by atoms with Crippen LogP contribution in [0.3, 0.4) is 0 Å². The summed E-state index contributed by atoms with van der Waals surface area (Å²) >= 11 is 0. The van der Waals surface area contributed by atoms with Crippen LogP contribution in [0.1, 0.15) is 29.6 Å². The zero-order chi connectivity index (χ0) is 16.1. The van der Waals surface area contributed by atoms with Gasteiger partial charge in [-0.1, -0.05) is 0 Å². The van der Waals surface area contributed by atoms with Gasteiger partial charge in [-0.3, -0.25) is 9.36 Å². The van der Waals surface area contributed by atoms with Crippen molar-refractivity contribution in [3.8, 4) is 0 Å². The lowest BCUT2D eigenvalue weighted by Crippen LogP contribution is -2.37. The third-order valence-corrected chi connectivity index (χ3v) is 3.76. The van der Waals surface area contributed by atoms with Crippen molar-refractivity contribution in [1.82, 2.24) is 30.2 Å². The molecular weight excluding hydrogens is 278 g/mol. The van der Waals surface area contributed by atoms with Crippen molar-refractivity contribution in [2.45, 2.75) is 33.9 Å². The van der Waals surface area contributed by atoms with Gasteiger partial charge in [-0.15, -0.1) is 0 Å². The summed E-state index contributed by atoms with van der Waals surface area (Å²) in [6.07, 6.45) is 1.80. The summed E-state index contributed by atoms with van der Waals surface area (Å²) in [5.74, 6) is 0.798. The van der Waals surface area contributed by atoms with Crippen molar-refractivity contribution in [2.75, 3.05) is 6.54 Å². The quantitative estimate of drug-likeness (QED) is 0.639. The Morgan fingerprint density at radius 2 is 2.00 bits per heavy atom. The molecule has 0 aromatic carbocycles. The molecule has 2 aromatic rings. The third-order valence-electron chi connectivity index (χ3n) is 3.76. The Labute approximate surface area is 131 Å². The average molecular weight is 303 g/mol. The zero-order valence-corrected chi connectivity index (χ0v) is 14.0. The van der Waals surface area contributed by atoms with Crippen LogP contribution >= 0.6 is 0 Å². The Morgan fingerprint density at radius 3 is 2.55 bits per heavy atom. The topological polar surface area (TPSA) is 72.1 Å². The van der Waals surface area contributed by atoms with Crippen molar-refractivity contribution < 1.29 is 0 Å². The highest BCUT2D eigenvalue weighted by atomic mass is 15.3. The molecule has 0 saturated carbocycles. The van der Waals surface area contributed by atoms with Gasteiger partial charge in [-0.25, -0.2) is 4.99 Å². The number of hydrogen-bond donors (Lipinski definition) is 2. The Bertz CT molecular complexity index is 651. The molecule has 0 fully saturated rings. The van der Waals surface area contributed by atoms with E-state index in [1.54, 1.807) is 6.20 Å². The van der Waals surface area contributed by atoms with Gasteiger partial charge in [-0.05, 0) is 26.8 Å². The largest absolute Gasteiger partial charge is 0.357 e. The van der Waals surface area contributed by atoms with E-state index in [9.17, 15) is 0 Å². The summed E-state index contributed by atoms with van der Waals surface area (Å²) in [5, 5.41) is 15.2. The molecule has 0 saturated heterocycles.